The summed E-state index contributed by atoms with van der Waals surface area (Å²) in [6, 6.07) is -0.478. The lowest BCUT2D eigenvalue weighted by Crippen LogP contribution is -2.13. The molecule has 0 spiro atoms. The van der Waals surface area contributed by atoms with E-state index in [2.05, 4.69) is 6.58 Å². The molecule has 0 saturated carbocycles. The Balaban J connectivity index is 3.04. The summed E-state index contributed by atoms with van der Waals surface area (Å²) in [6.07, 6.45) is 15.9. The van der Waals surface area contributed by atoms with Crippen molar-refractivity contribution in [2.45, 2.75) is 103 Å². The first-order chi connectivity index (χ1) is 11.9. The third-order valence-electron chi connectivity index (χ3n) is 4.35. The first-order valence-corrected chi connectivity index (χ1v) is 12.0. The molecule has 25 heavy (non-hydrogen) atoms. The third kappa shape index (κ3) is 23.7. The molecule has 150 valence electrons. The molecule has 0 aliphatic heterocycles. The summed E-state index contributed by atoms with van der Waals surface area (Å²) in [5, 5.41) is 0. The Morgan fingerprint density at radius 2 is 1.04 bits per heavy atom. The van der Waals surface area contributed by atoms with Gasteiger partial charge in [0, 0.05) is 12.7 Å². The highest BCUT2D eigenvalue weighted by molar-refractivity contribution is 6.58. The minimum absolute atomic E-state index is 0.357. The molecule has 0 aromatic rings. The van der Waals surface area contributed by atoms with E-state index in [1.165, 1.54) is 57.8 Å². The molecule has 0 aliphatic rings. The zero-order valence-electron chi connectivity index (χ0n) is 16.3. The van der Waals surface area contributed by atoms with Crippen LogP contribution in [0.15, 0.2) is 12.2 Å². The standard InChI is InChI=1S/C20H39F3OSi/c1-20(2)19-24-17-15-13-11-9-7-5-3-4-6-8-10-12-14-16-18-25(21,22)23/h1,3-19H2,2H3. The van der Waals surface area contributed by atoms with Crippen LogP contribution in [-0.4, -0.2) is 22.3 Å². The normalized spacial score (nSPS) is 11.8. The number of hydrogen-bond acceptors (Lipinski definition) is 1. The molecule has 0 aromatic heterocycles. The predicted molar refractivity (Wildman–Crippen MR) is 104 cm³/mol. The minimum Gasteiger partial charge on any atom is -0.377 e. The van der Waals surface area contributed by atoms with Crippen molar-refractivity contribution in [3.63, 3.8) is 0 Å². The number of unbranched alkanes of at least 4 members (excludes halogenated alkanes) is 13. The average molecular weight is 381 g/mol. The van der Waals surface area contributed by atoms with Crippen LogP contribution < -0.4 is 0 Å². The van der Waals surface area contributed by atoms with Crippen LogP contribution >= 0.6 is 0 Å². The maximum atomic E-state index is 12.1. The molecule has 0 aliphatic carbocycles. The molecular formula is C20H39F3OSi. The van der Waals surface area contributed by atoms with E-state index in [1.807, 2.05) is 6.92 Å². The van der Waals surface area contributed by atoms with Crippen molar-refractivity contribution in [3.8, 4) is 0 Å². The van der Waals surface area contributed by atoms with Crippen LogP contribution in [0, 0.1) is 0 Å². The highest BCUT2D eigenvalue weighted by Crippen LogP contribution is 2.20. The van der Waals surface area contributed by atoms with E-state index in [0.717, 1.165) is 37.9 Å². The summed E-state index contributed by atoms with van der Waals surface area (Å²) in [5.41, 5.74) is 1.09. The van der Waals surface area contributed by atoms with Crippen molar-refractivity contribution in [1.29, 1.82) is 0 Å². The SMILES string of the molecule is C=C(C)COCCCCCCCCCCCCCCCC[Si](F)(F)F. The summed E-state index contributed by atoms with van der Waals surface area (Å²) in [5.74, 6) is 0. The van der Waals surface area contributed by atoms with Gasteiger partial charge in [-0.25, -0.2) is 12.3 Å². The lowest BCUT2D eigenvalue weighted by molar-refractivity contribution is 0.151. The van der Waals surface area contributed by atoms with Gasteiger partial charge in [-0.15, -0.1) is 0 Å². The van der Waals surface area contributed by atoms with Gasteiger partial charge >= 0.3 is 9.08 Å². The van der Waals surface area contributed by atoms with E-state index in [9.17, 15) is 12.3 Å². The Labute approximate surface area is 154 Å². The number of ether oxygens (including phenoxy) is 1. The van der Waals surface area contributed by atoms with Gasteiger partial charge in [0.15, 0.2) is 0 Å². The second-order valence-electron chi connectivity index (χ2n) is 7.32. The topological polar surface area (TPSA) is 9.23 Å². The second-order valence-corrected chi connectivity index (χ2v) is 9.05. The Hall–Kier alpha value is -0.293. The molecule has 0 bridgehead atoms. The Morgan fingerprint density at radius 1 is 0.680 bits per heavy atom. The van der Waals surface area contributed by atoms with Crippen LogP contribution in [0.25, 0.3) is 0 Å². The molecule has 0 rings (SSSR count). The van der Waals surface area contributed by atoms with Gasteiger partial charge in [0.2, 0.25) is 0 Å². The molecule has 0 fully saturated rings. The third-order valence-corrected chi connectivity index (χ3v) is 5.27. The molecule has 0 heterocycles. The van der Waals surface area contributed by atoms with Crippen LogP contribution in [-0.2, 0) is 4.74 Å². The molecule has 0 amide bonds. The van der Waals surface area contributed by atoms with Crippen LogP contribution in [0.5, 0.6) is 0 Å². The quantitative estimate of drug-likeness (QED) is 0.0958. The van der Waals surface area contributed by atoms with E-state index in [1.54, 1.807) is 0 Å². The molecule has 0 aromatic carbocycles. The van der Waals surface area contributed by atoms with Crippen molar-refractivity contribution in [2.75, 3.05) is 13.2 Å². The molecule has 5 heteroatoms. The highest BCUT2D eigenvalue weighted by atomic mass is 28.5. The fourth-order valence-electron chi connectivity index (χ4n) is 2.90. The lowest BCUT2D eigenvalue weighted by Gasteiger charge is -2.05. The van der Waals surface area contributed by atoms with E-state index in [0.29, 0.717) is 13.0 Å². The lowest BCUT2D eigenvalue weighted by atomic mass is 10.0. The second kappa shape index (κ2) is 17.1. The monoisotopic (exact) mass is 380 g/mol. The van der Waals surface area contributed by atoms with Gasteiger partial charge in [-0.3, -0.25) is 0 Å². The predicted octanol–water partition coefficient (Wildman–Crippen LogP) is 7.89. The summed E-state index contributed by atoms with van der Waals surface area (Å²) >= 11 is 0. The van der Waals surface area contributed by atoms with Gasteiger partial charge in [0.1, 0.15) is 0 Å². The maximum absolute atomic E-state index is 12.1. The van der Waals surface area contributed by atoms with Crippen molar-refractivity contribution in [2.24, 2.45) is 0 Å². The van der Waals surface area contributed by atoms with Crippen LogP contribution in [0.2, 0.25) is 6.04 Å². The average Bonchev–Trinajstić information content (AvgIpc) is 2.52. The molecular weight excluding hydrogens is 341 g/mol. The molecule has 0 radical (unpaired) electrons. The van der Waals surface area contributed by atoms with Crippen molar-refractivity contribution in [1.82, 2.24) is 0 Å². The molecule has 0 unspecified atom stereocenters. The Bertz CT molecular complexity index is 306. The smallest absolute Gasteiger partial charge is 0.377 e. The molecule has 1 nitrogen and oxygen atoms in total. The van der Waals surface area contributed by atoms with Crippen LogP contribution in [0.4, 0.5) is 12.3 Å². The largest absolute Gasteiger partial charge is 0.616 e. The minimum atomic E-state index is -5.28. The van der Waals surface area contributed by atoms with E-state index in [-0.39, 0.29) is 0 Å². The van der Waals surface area contributed by atoms with Gasteiger partial charge in [-0.2, -0.15) is 0 Å². The van der Waals surface area contributed by atoms with Gasteiger partial charge < -0.3 is 4.74 Å². The first kappa shape index (κ1) is 24.7. The molecule has 0 atom stereocenters. The van der Waals surface area contributed by atoms with Crippen molar-refractivity contribution >= 4 is 9.08 Å². The van der Waals surface area contributed by atoms with Gasteiger partial charge in [0.25, 0.3) is 0 Å². The highest BCUT2D eigenvalue weighted by Gasteiger charge is 2.35. The Kier molecular flexibility index (Phi) is 16.9. The fourth-order valence-corrected chi connectivity index (χ4v) is 3.55. The van der Waals surface area contributed by atoms with E-state index in [4.69, 9.17) is 4.74 Å². The zero-order chi connectivity index (χ0) is 18.8. The van der Waals surface area contributed by atoms with Gasteiger partial charge in [0.05, 0.1) is 6.61 Å². The summed E-state index contributed by atoms with van der Waals surface area (Å²) in [6.45, 7) is 7.34. The molecule has 0 saturated heterocycles. The number of hydrogen-bond donors (Lipinski definition) is 0. The molecule has 0 N–H and O–H groups in total. The van der Waals surface area contributed by atoms with Crippen LogP contribution in [0.1, 0.15) is 96.8 Å². The van der Waals surface area contributed by atoms with Gasteiger partial charge in [-0.05, 0) is 19.8 Å². The first-order valence-electron chi connectivity index (χ1n) is 10.2. The van der Waals surface area contributed by atoms with E-state index < -0.39 is 15.1 Å². The number of halogens is 3. The Morgan fingerprint density at radius 3 is 1.40 bits per heavy atom. The summed E-state index contributed by atoms with van der Waals surface area (Å²) < 4.78 is 41.8. The summed E-state index contributed by atoms with van der Waals surface area (Å²) in [7, 11) is -5.28. The van der Waals surface area contributed by atoms with Crippen LogP contribution in [0.3, 0.4) is 0 Å². The van der Waals surface area contributed by atoms with E-state index >= 15 is 0 Å². The maximum Gasteiger partial charge on any atom is 0.616 e. The van der Waals surface area contributed by atoms with Gasteiger partial charge in [-0.1, -0.05) is 89.2 Å². The van der Waals surface area contributed by atoms with Crippen molar-refractivity contribution in [3.05, 3.63) is 12.2 Å². The fraction of sp³-hybridized carbons (Fsp3) is 0.900. The number of rotatable bonds is 19. The zero-order valence-corrected chi connectivity index (χ0v) is 17.3. The van der Waals surface area contributed by atoms with Crippen molar-refractivity contribution < 1.29 is 17.1 Å². The summed E-state index contributed by atoms with van der Waals surface area (Å²) in [4.78, 5) is 0.